The molecule has 2 heteroatoms. The molecule has 1 saturated carbocycles. The summed E-state index contributed by atoms with van der Waals surface area (Å²) in [5.41, 5.74) is 2.74. The minimum atomic E-state index is 0.643. The highest BCUT2D eigenvalue weighted by Crippen LogP contribution is 2.37. The first-order chi connectivity index (χ1) is 9.31. The number of benzene rings is 2. The molecule has 0 spiro atoms. The van der Waals surface area contributed by atoms with Crippen LogP contribution in [0.5, 0.6) is 0 Å². The molecule has 3 rings (SSSR count). The van der Waals surface area contributed by atoms with Crippen LogP contribution in [0.15, 0.2) is 54.6 Å². The summed E-state index contributed by atoms with van der Waals surface area (Å²) in [5.74, 6) is 0.673. The Hall–Kier alpha value is -1.31. The summed E-state index contributed by atoms with van der Waals surface area (Å²) in [5, 5.41) is 4.46. The summed E-state index contributed by atoms with van der Waals surface area (Å²) in [7, 11) is 0. The van der Waals surface area contributed by atoms with E-state index in [0.29, 0.717) is 12.0 Å². The highest BCUT2D eigenvalue weighted by molar-refractivity contribution is 6.30. The molecule has 1 aliphatic carbocycles. The molecule has 0 aliphatic heterocycles. The molecule has 1 N–H and O–H groups in total. The first-order valence-electron chi connectivity index (χ1n) is 6.84. The number of nitrogens with one attached hydrogen (secondary N) is 1. The molecule has 0 atom stereocenters. The van der Waals surface area contributed by atoms with Crippen molar-refractivity contribution in [3.8, 4) is 0 Å². The van der Waals surface area contributed by atoms with Crippen LogP contribution in [0.3, 0.4) is 0 Å². The third-order valence-electron chi connectivity index (χ3n) is 3.90. The molecule has 0 heterocycles. The van der Waals surface area contributed by atoms with Crippen molar-refractivity contribution in [1.82, 2.24) is 5.32 Å². The van der Waals surface area contributed by atoms with E-state index in [1.807, 2.05) is 12.1 Å². The first kappa shape index (κ1) is 12.7. The molecule has 0 unspecified atom stereocenters. The van der Waals surface area contributed by atoms with Gasteiger partial charge in [0.05, 0.1) is 0 Å². The molecule has 2 aromatic carbocycles. The van der Waals surface area contributed by atoms with Gasteiger partial charge in [-0.1, -0.05) is 54.1 Å². The molecule has 1 nitrogen and oxygen atoms in total. The average Bonchev–Trinajstić information content (AvgIpc) is 2.38. The molecule has 1 fully saturated rings. The first-order valence-corrected chi connectivity index (χ1v) is 7.22. The van der Waals surface area contributed by atoms with Crippen LogP contribution in [-0.4, -0.2) is 6.04 Å². The van der Waals surface area contributed by atoms with Crippen LogP contribution >= 0.6 is 11.6 Å². The van der Waals surface area contributed by atoms with Gasteiger partial charge in [-0.25, -0.2) is 0 Å². The average molecular weight is 272 g/mol. The summed E-state index contributed by atoms with van der Waals surface area (Å²) in [6.45, 7) is 0.966. The normalized spacial score (nSPS) is 21.9. The molecule has 19 heavy (non-hydrogen) atoms. The Labute approximate surface area is 119 Å². The van der Waals surface area contributed by atoms with Gasteiger partial charge >= 0.3 is 0 Å². The van der Waals surface area contributed by atoms with E-state index in [-0.39, 0.29) is 0 Å². The second kappa shape index (κ2) is 5.77. The van der Waals surface area contributed by atoms with E-state index in [9.17, 15) is 0 Å². The predicted molar refractivity (Wildman–Crippen MR) is 80.5 cm³/mol. The van der Waals surface area contributed by atoms with Crippen molar-refractivity contribution in [2.45, 2.75) is 31.3 Å². The molecule has 0 aromatic heterocycles. The highest BCUT2D eigenvalue weighted by Gasteiger charge is 2.29. The van der Waals surface area contributed by atoms with E-state index in [2.05, 4.69) is 47.8 Å². The summed E-state index contributed by atoms with van der Waals surface area (Å²) in [4.78, 5) is 0. The SMILES string of the molecule is Clc1cccc(C2CC(NCc3ccccc3)C2)c1. The number of rotatable bonds is 4. The van der Waals surface area contributed by atoms with Crippen molar-refractivity contribution in [3.63, 3.8) is 0 Å². The molecular formula is C17H18ClN. The fraction of sp³-hybridized carbons (Fsp3) is 0.294. The van der Waals surface area contributed by atoms with Gasteiger partial charge in [0.25, 0.3) is 0 Å². The molecule has 0 radical (unpaired) electrons. The molecule has 0 bridgehead atoms. The van der Waals surface area contributed by atoms with Gasteiger partial charge in [0, 0.05) is 17.6 Å². The predicted octanol–water partition coefficient (Wildman–Crippen LogP) is 4.38. The van der Waals surface area contributed by atoms with E-state index in [4.69, 9.17) is 11.6 Å². The monoisotopic (exact) mass is 271 g/mol. The van der Waals surface area contributed by atoms with Gasteiger partial charge in [0.2, 0.25) is 0 Å². The van der Waals surface area contributed by atoms with Crippen molar-refractivity contribution < 1.29 is 0 Å². The number of hydrogen-bond acceptors (Lipinski definition) is 1. The second-order valence-electron chi connectivity index (χ2n) is 5.29. The summed E-state index contributed by atoms with van der Waals surface area (Å²) in [6, 6.07) is 19.5. The van der Waals surface area contributed by atoms with Crippen LogP contribution < -0.4 is 5.32 Å². The molecule has 1 aliphatic rings. The highest BCUT2D eigenvalue weighted by atomic mass is 35.5. The Bertz CT molecular complexity index is 532. The maximum Gasteiger partial charge on any atom is 0.0408 e. The minimum absolute atomic E-state index is 0.643. The zero-order chi connectivity index (χ0) is 13.1. The quantitative estimate of drug-likeness (QED) is 0.870. The molecular weight excluding hydrogens is 254 g/mol. The van der Waals surface area contributed by atoms with Crippen LogP contribution in [0.2, 0.25) is 5.02 Å². The van der Waals surface area contributed by atoms with E-state index < -0.39 is 0 Å². The summed E-state index contributed by atoms with van der Waals surface area (Å²) < 4.78 is 0. The van der Waals surface area contributed by atoms with Crippen LogP contribution in [-0.2, 0) is 6.54 Å². The molecule has 2 aromatic rings. The fourth-order valence-electron chi connectivity index (χ4n) is 2.68. The smallest absolute Gasteiger partial charge is 0.0408 e. The van der Waals surface area contributed by atoms with E-state index in [1.165, 1.54) is 24.0 Å². The summed E-state index contributed by atoms with van der Waals surface area (Å²) >= 11 is 6.03. The Balaban J connectivity index is 1.48. The summed E-state index contributed by atoms with van der Waals surface area (Å²) in [6.07, 6.45) is 2.43. The maximum absolute atomic E-state index is 6.03. The lowest BCUT2D eigenvalue weighted by Gasteiger charge is -2.36. The van der Waals surface area contributed by atoms with Crippen molar-refractivity contribution in [3.05, 3.63) is 70.7 Å². The maximum atomic E-state index is 6.03. The minimum Gasteiger partial charge on any atom is -0.310 e. The van der Waals surface area contributed by atoms with Crippen LogP contribution in [0.4, 0.5) is 0 Å². The lowest BCUT2D eigenvalue weighted by atomic mass is 9.76. The van der Waals surface area contributed by atoms with E-state index in [1.54, 1.807) is 0 Å². The molecule has 0 amide bonds. The topological polar surface area (TPSA) is 12.0 Å². The van der Waals surface area contributed by atoms with Gasteiger partial charge in [-0.2, -0.15) is 0 Å². The number of halogens is 1. The molecule has 98 valence electrons. The Morgan fingerprint density at radius 2 is 1.79 bits per heavy atom. The van der Waals surface area contributed by atoms with E-state index >= 15 is 0 Å². The Morgan fingerprint density at radius 3 is 2.53 bits per heavy atom. The standard InChI is InChI=1S/C17H18ClN/c18-16-8-4-7-14(9-16)15-10-17(11-15)19-12-13-5-2-1-3-6-13/h1-9,15,17,19H,10-12H2. The second-order valence-corrected chi connectivity index (χ2v) is 5.72. The fourth-order valence-corrected chi connectivity index (χ4v) is 2.87. The van der Waals surface area contributed by atoms with Crippen molar-refractivity contribution in [2.75, 3.05) is 0 Å². The van der Waals surface area contributed by atoms with Gasteiger partial charge in [0.15, 0.2) is 0 Å². The third kappa shape index (κ3) is 3.17. The lowest BCUT2D eigenvalue weighted by molar-refractivity contribution is 0.289. The van der Waals surface area contributed by atoms with Crippen molar-refractivity contribution in [2.24, 2.45) is 0 Å². The Morgan fingerprint density at radius 1 is 1.00 bits per heavy atom. The lowest BCUT2D eigenvalue weighted by Crippen LogP contribution is -2.39. The van der Waals surface area contributed by atoms with Gasteiger partial charge in [-0.05, 0) is 42.0 Å². The van der Waals surface area contributed by atoms with Crippen LogP contribution in [0.25, 0.3) is 0 Å². The number of hydrogen-bond donors (Lipinski definition) is 1. The van der Waals surface area contributed by atoms with Gasteiger partial charge in [-0.3, -0.25) is 0 Å². The third-order valence-corrected chi connectivity index (χ3v) is 4.13. The zero-order valence-electron chi connectivity index (χ0n) is 10.9. The Kier molecular flexibility index (Phi) is 3.86. The van der Waals surface area contributed by atoms with Gasteiger partial charge in [0.1, 0.15) is 0 Å². The zero-order valence-corrected chi connectivity index (χ0v) is 11.6. The van der Waals surface area contributed by atoms with Gasteiger partial charge in [-0.15, -0.1) is 0 Å². The van der Waals surface area contributed by atoms with Crippen molar-refractivity contribution in [1.29, 1.82) is 0 Å². The van der Waals surface area contributed by atoms with E-state index in [0.717, 1.165) is 11.6 Å². The van der Waals surface area contributed by atoms with Crippen LogP contribution in [0, 0.1) is 0 Å². The molecule has 0 saturated heterocycles. The van der Waals surface area contributed by atoms with Crippen molar-refractivity contribution >= 4 is 11.6 Å². The largest absolute Gasteiger partial charge is 0.310 e. The van der Waals surface area contributed by atoms with Gasteiger partial charge < -0.3 is 5.32 Å². The van der Waals surface area contributed by atoms with Crippen LogP contribution in [0.1, 0.15) is 29.9 Å².